The summed E-state index contributed by atoms with van der Waals surface area (Å²) in [4.78, 5) is 0. The van der Waals surface area contributed by atoms with Crippen LogP contribution in [0.15, 0.2) is 34.9 Å². The van der Waals surface area contributed by atoms with Gasteiger partial charge in [0, 0.05) is 6.61 Å². The van der Waals surface area contributed by atoms with Gasteiger partial charge in [-0.3, -0.25) is 0 Å². The second-order valence-corrected chi connectivity index (χ2v) is 7.70. The molecule has 0 aliphatic carbocycles. The first-order valence-corrected chi connectivity index (χ1v) is 10.4. The smallest absolute Gasteiger partial charge is 0.101 e. The van der Waals surface area contributed by atoms with E-state index in [1.165, 1.54) is 16.7 Å². The molecule has 0 aromatic heterocycles. The Morgan fingerprint density at radius 1 is 0.750 bits per heavy atom. The van der Waals surface area contributed by atoms with Crippen LogP contribution in [0, 0.1) is 0 Å². The molecule has 0 bridgehead atoms. The minimum absolute atomic E-state index is 0.0157. The molecule has 0 saturated heterocycles. The molecular weight excluding hydrogens is 356 g/mol. The fourth-order valence-corrected chi connectivity index (χ4v) is 2.53. The lowest BCUT2D eigenvalue weighted by atomic mass is 10.1. The van der Waals surface area contributed by atoms with Crippen molar-refractivity contribution in [2.24, 2.45) is 0 Å². The highest BCUT2D eigenvalue weighted by atomic mass is 16.5. The van der Waals surface area contributed by atoms with E-state index >= 15 is 0 Å². The summed E-state index contributed by atoms with van der Waals surface area (Å²) in [6.45, 7) is 9.26. The van der Waals surface area contributed by atoms with Crippen molar-refractivity contribution in [3.05, 3.63) is 34.9 Å². The van der Waals surface area contributed by atoms with Crippen LogP contribution in [0.1, 0.15) is 66.2 Å². The topological polar surface area (TPSA) is 79.2 Å². The SMILES string of the molecule is CC(C)=CCC/C(C)=C/CC/C(C)=C/CCCOCC(O)COCC(O)CO. The van der Waals surface area contributed by atoms with E-state index in [-0.39, 0.29) is 26.4 Å². The van der Waals surface area contributed by atoms with Gasteiger partial charge in [-0.15, -0.1) is 0 Å². The largest absolute Gasteiger partial charge is 0.394 e. The predicted molar refractivity (Wildman–Crippen MR) is 115 cm³/mol. The standard InChI is InChI=1S/C23H42O5/c1-19(2)9-7-11-21(4)13-8-12-20(3)10-5-6-14-27-17-23(26)18-28-16-22(25)15-24/h9-10,13,22-26H,5-8,11-12,14-18H2,1-4H3/b20-10+,21-13+. The van der Waals surface area contributed by atoms with Crippen molar-refractivity contribution in [3.8, 4) is 0 Å². The van der Waals surface area contributed by atoms with E-state index in [1.54, 1.807) is 0 Å². The average Bonchev–Trinajstić information content (AvgIpc) is 2.64. The maximum absolute atomic E-state index is 9.69. The third-order valence-corrected chi connectivity index (χ3v) is 4.25. The summed E-state index contributed by atoms with van der Waals surface area (Å²) in [6.07, 6.45) is 11.7. The Morgan fingerprint density at radius 2 is 1.29 bits per heavy atom. The molecule has 0 radical (unpaired) electrons. The second kappa shape index (κ2) is 18.1. The maximum atomic E-state index is 9.69. The van der Waals surface area contributed by atoms with Crippen molar-refractivity contribution >= 4 is 0 Å². The van der Waals surface area contributed by atoms with Crippen LogP contribution in [0.5, 0.6) is 0 Å². The molecule has 0 rings (SSSR count). The van der Waals surface area contributed by atoms with Crippen LogP contribution in [-0.2, 0) is 9.47 Å². The third-order valence-electron chi connectivity index (χ3n) is 4.25. The normalized spacial score (nSPS) is 14.8. The lowest BCUT2D eigenvalue weighted by Gasteiger charge is -2.13. The van der Waals surface area contributed by atoms with Gasteiger partial charge >= 0.3 is 0 Å². The number of aliphatic hydroxyl groups excluding tert-OH is 3. The van der Waals surface area contributed by atoms with Gasteiger partial charge in [0.15, 0.2) is 0 Å². The van der Waals surface area contributed by atoms with Crippen LogP contribution in [0.3, 0.4) is 0 Å². The molecule has 0 aromatic rings. The predicted octanol–water partition coefficient (Wildman–Crippen LogP) is 3.93. The van der Waals surface area contributed by atoms with Crippen LogP contribution in [0.25, 0.3) is 0 Å². The molecule has 28 heavy (non-hydrogen) atoms. The lowest BCUT2D eigenvalue weighted by Crippen LogP contribution is -2.26. The van der Waals surface area contributed by atoms with Crippen LogP contribution < -0.4 is 0 Å². The number of ether oxygens (including phenoxy) is 2. The molecule has 5 nitrogen and oxygen atoms in total. The van der Waals surface area contributed by atoms with E-state index in [1.807, 2.05) is 0 Å². The summed E-state index contributed by atoms with van der Waals surface area (Å²) < 4.78 is 10.5. The van der Waals surface area contributed by atoms with E-state index in [0.29, 0.717) is 6.61 Å². The van der Waals surface area contributed by atoms with Crippen molar-refractivity contribution in [1.29, 1.82) is 0 Å². The van der Waals surface area contributed by atoms with Gasteiger partial charge in [0.25, 0.3) is 0 Å². The van der Waals surface area contributed by atoms with Gasteiger partial charge < -0.3 is 24.8 Å². The first-order chi connectivity index (χ1) is 13.3. The second-order valence-electron chi connectivity index (χ2n) is 7.70. The molecule has 0 aliphatic rings. The molecule has 164 valence electrons. The fourth-order valence-electron chi connectivity index (χ4n) is 2.53. The maximum Gasteiger partial charge on any atom is 0.101 e. The van der Waals surface area contributed by atoms with E-state index in [2.05, 4.69) is 45.9 Å². The number of unbranched alkanes of at least 4 members (excludes halogenated alkanes) is 1. The first-order valence-electron chi connectivity index (χ1n) is 10.4. The highest BCUT2D eigenvalue weighted by molar-refractivity contribution is 5.05. The van der Waals surface area contributed by atoms with Crippen LogP contribution in [-0.4, -0.2) is 60.6 Å². The number of rotatable bonds is 17. The van der Waals surface area contributed by atoms with Gasteiger partial charge in [-0.05, 0) is 66.2 Å². The molecular formula is C23H42O5. The summed E-state index contributed by atoms with van der Waals surface area (Å²) in [7, 11) is 0. The van der Waals surface area contributed by atoms with Crippen molar-refractivity contribution in [2.75, 3.05) is 33.0 Å². The van der Waals surface area contributed by atoms with E-state index < -0.39 is 12.2 Å². The van der Waals surface area contributed by atoms with Crippen molar-refractivity contribution < 1.29 is 24.8 Å². The highest BCUT2D eigenvalue weighted by Crippen LogP contribution is 2.12. The molecule has 0 saturated carbocycles. The summed E-state index contributed by atoms with van der Waals surface area (Å²) >= 11 is 0. The first kappa shape index (κ1) is 27.0. The number of aliphatic hydroxyl groups is 3. The van der Waals surface area contributed by atoms with Crippen molar-refractivity contribution in [2.45, 2.75) is 78.4 Å². The molecule has 2 atom stereocenters. The average molecular weight is 399 g/mol. The monoisotopic (exact) mass is 398 g/mol. The van der Waals surface area contributed by atoms with Gasteiger partial charge in [0.2, 0.25) is 0 Å². The Kier molecular flexibility index (Phi) is 17.4. The van der Waals surface area contributed by atoms with E-state index in [0.717, 1.165) is 38.5 Å². The molecule has 0 heterocycles. The fraction of sp³-hybridized carbons (Fsp3) is 0.739. The lowest BCUT2D eigenvalue weighted by molar-refractivity contribution is -0.0479. The van der Waals surface area contributed by atoms with E-state index in [4.69, 9.17) is 19.7 Å². The zero-order valence-electron chi connectivity index (χ0n) is 18.3. The minimum Gasteiger partial charge on any atom is -0.394 e. The summed E-state index contributed by atoms with van der Waals surface area (Å²) in [5.41, 5.74) is 4.26. The molecule has 2 unspecified atom stereocenters. The molecule has 0 spiro atoms. The van der Waals surface area contributed by atoms with Crippen LogP contribution in [0.4, 0.5) is 0 Å². The van der Waals surface area contributed by atoms with Crippen LogP contribution in [0.2, 0.25) is 0 Å². The summed E-state index contributed by atoms with van der Waals surface area (Å²) in [5, 5.41) is 27.5. The minimum atomic E-state index is -0.898. The molecule has 5 heteroatoms. The van der Waals surface area contributed by atoms with Crippen LogP contribution >= 0.6 is 0 Å². The zero-order valence-corrected chi connectivity index (χ0v) is 18.3. The molecule has 3 N–H and O–H groups in total. The van der Waals surface area contributed by atoms with Gasteiger partial charge in [-0.1, -0.05) is 34.9 Å². The van der Waals surface area contributed by atoms with Gasteiger partial charge in [0.05, 0.1) is 26.4 Å². The highest BCUT2D eigenvalue weighted by Gasteiger charge is 2.07. The van der Waals surface area contributed by atoms with Crippen molar-refractivity contribution in [1.82, 2.24) is 0 Å². The quantitative estimate of drug-likeness (QED) is 0.255. The Labute approximate surface area is 171 Å². The number of hydrogen-bond donors (Lipinski definition) is 3. The Hall–Kier alpha value is -0.980. The number of allylic oxidation sites excluding steroid dienone is 6. The Balaban J connectivity index is 3.69. The van der Waals surface area contributed by atoms with Crippen molar-refractivity contribution in [3.63, 3.8) is 0 Å². The summed E-state index contributed by atoms with van der Waals surface area (Å²) in [5.74, 6) is 0. The van der Waals surface area contributed by atoms with Gasteiger partial charge in [-0.25, -0.2) is 0 Å². The number of hydrogen-bond acceptors (Lipinski definition) is 5. The van der Waals surface area contributed by atoms with Gasteiger partial charge in [-0.2, -0.15) is 0 Å². The van der Waals surface area contributed by atoms with E-state index in [9.17, 15) is 5.11 Å². The Morgan fingerprint density at radius 3 is 1.89 bits per heavy atom. The third kappa shape index (κ3) is 18.4. The molecule has 0 aromatic carbocycles. The summed E-state index contributed by atoms with van der Waals surface area (Å²) in [6, 6.07) is 0. The molecule has 0 amide bonds. The molecule has 0 aliphatic heterocycles. The molecule has 0 fully saturated rings. The Bertz CT molecular complexity index is 464. The van der Waals surface area contributed by atoms with Gasteiger partial charge in [0.1, 0.15) is 12.2 Å². The zero-order chi connectivity index (χ0) is 21.2.